The predicted octanol–water partition coefficient (Wildman–Crippen LogP) is 0.741. The molecule has 26 heavy (non-hydrogen) atoms. The van der Waals surface area contributed by atoms with Crippen molar-refractivity contribution in [3.05, 3.63) is 35.9 Å². The van der Waals surface area contributed by atoms with Crippen molar-refractivity contribution < 1.29 is 19.5 Å². The van der Waals surface area contributed by atoms with Crippen molar-refractivity contribution >= 4 is 17.8 Å². The number of likely N-dealkylation sites (tertiary alicyclic amines) is 1. The first-order valence-electron chi connectivity index (χ1n) is 9.02. The highest BCUT2D eigenvalue weighted by atomic mass is 16.4. The molecule has 0 radical (unpaired) electrons. The quantitative estimate of drug-likeness (QED) is 0.713. The maximum absolute atomic E-state index is 12.7. The molecule has 0 unspecified atom stereocenters. The van der Waals surface area contributed by atoms with Crippen LogP contribution in [0, 0.1) is 0 Å². The molecule has 1 heterocycles. The lowest BCUT2D eigenvalue weighted by Crippen LogP contribution is -2.47. The number of likely N-dealkylation sites (N-methyl/N-ethyl adjacent to an activating group) is 1. The van der Waals surface area contributed by atoms with Crippen LogP contribution in [0.25, 0.3) is 0 Å². The molecule has 1 aliphatic heterocycles. The van der Waals surface area contributed by atoms with Crippen molar-refractivity contribution in [2.45, 2.75) is 38.8 Å². The van der Waals surface area contributed by atoms with Crippen molar-refractivity contribution in [3.8, 4) is 0 Å². The Morgan fingerprint density at radius 1 is 1.19 bits per heavy atom. The fourth-order valence-corrected chi connectivity index (χ4v) is 3.42. The third kappa shape index (κ3) is 5.29. The number of carbonyl (C=O) groups excluding carboxylic acids is 2. The maximum Gasteiger partial charge on any atom is 0.317 e. The van der Waals surface area contributed by atoms with Crippen LogP contribution in [-0.2, 0) is 20.8 Å². The fraction of sp³-hybridized carbons (Fsp3) is 0.526. The molecule has 0 bridgehead atoms. The van der Waals surface area contributed by atoms with Crippen molar-refractivity contribution in [1.82, 2.24) is 15.1 Å². The lowest BCUT2D eigenvalue weighted by molar-refractivity contribution is -0.141. The van der Waals surface area contributed by atoms with Crippen LogP contribution in [0.4, 0.5) is 0 Å². The number of hydrogen-bond donors (Lipinski definition) is 2. The number of aliphatic carboxylic acids is 1. The lowest BCUT2D eigenvalue weighted by Gasteiger charge is -2.27. The summed E-state index contributed by atoms with van der Waals surface area (Å²) >= 11 is 0. The zero-order valence-electron chi connectivity index (χ0n) is 15.4. The summed E-state index contributed by atoms with van der Waals surface area (Å²) in [4.78, 5) is 39.5. The molecule has 1 aromatic carbocycles. The van der Waals surface area contributed by atoms with E-state index in [0.717, 1.165) is 5.56 Å². The third-order valence-corrected chi connectivity index (χ3v) is 4.67. The number of rotatable bonds is 8. The van der Waals surface area contributed by atoms with Crippen LogP contribution >= 0.6 is 0 Å². The van der Waals surface area contributed by atoms with E-state index < -0.39 is 12.0 Å². The van der Waals surface area contributed by atoms with Gasteiger partial charge in [-0.15, -0.1) is 0 Å². The largest absolute Gasteiger partial charge is 0.480 e. The molecule has 1 aromatic rings. The second-order valence-electron chi connectivity index (χ2n) is 6.51. The highest BCUT2D eigenvalue weighted by molar-refractivity contribution is 5.84. The highest BCUT2D eigenvalue weighted by Gasteiger charge is 2.39. The molecule has 2 rings (SSSR count). The molecule has 0 aliphatic carbocycles. The SMILES string of the molecule is CCN(CC)C(=O)[C@@H]1C[C@H](NC(=O)Cc2ccccc2)CN1CC(=O)O. The van der Waals surface area contributed by atoms with E-state index in [4.69, 9.17) is 5.11 Å². The Kier molecular flexibility index (Phi) is 7.15. The van der Waals surface area contributed by atoms with E-state index in [2.05, 4.69) is 5.32 Å². The van der Waals surface area contributed by atoms with Crippen LogP contribution in [0.2, 0.25) is 0 Å². The normalized spacial score (nSPS) is 19.9. The molecule has 7 nitrogen and oxygen atoms in total. The average Bonchev–Trinajstić information content (AvgIpc) is 2.98. The molecule has 1 fully saturated rings. The molecule has 0 saturated carbocycles. The van der Waals surface area contributed by atoms with Gasteiger partial charge in [-0.3, -0.25) is 19.3 Å². The van der Waals surface area contributed by atoms with E-state index in [1.807, 2.05) is 44.2 Å². The van der Waals surface area contributed by atoms with E-state index in [1.165, 1.54) is 0 Å². The van der Waals surface area contributed by atoms with Gasteiger partial charge in [-0.25, -0.2) is 0 Å². The van der Waals surface area contributed by atoms with E-state index >= 15 is 0 Å². The number of carboxylic acids is 1. The minimum atomic E-state index is -0.974. The molecule has 1 saturated heterocycles. The summed E-state index contributed by atoms with van der Waals surface area (Å²) < 4.78 is 0. The molecular formula is C19H27N3O4. The maximum atomic E-state index is 12.7. The van der Waals surface area contributed by atoms with Gasteiger partial charge in [-0.2, -0.15) is 0 Å². The fourth-order valence-electron chi connectivity index (χ4n) is 3.42. The van der Waals surface area contributed by atoms with Crippen molar-refractivity contribution in [3.63, 3.8) is 0 Å². The van der Waals surface area contributed by atoms with Gasteiger partial charge in [-0.05, 0) is 25.8 Å². The number of carbonyl (C=O) groups is 3. The molecule has 0 spiro atoms. The molecule has 2 atom stereocenters. The van der Waals surface area contributed by atoms with Crippen LogP contribution in [0.3, 0.4) is 0 Å². The van der Waals surface area contributed by atoms with Crippen molar-refractivity contribution in [2.75, 3.05) is 26.2 Å². The minimum absolute atomic E-state index is 0.0731. The summed E-state index contributed by atoms with van der Waals surface area (Å²) in [6.45, 7) is 5.12. The van der Waals surface area contributed by atoms with E-state index in [-0.39, 0.29) is 30.8 Å². The van der Waals surface area contributed by atoms with Gasteiger partial charge in [0, 0.05) is 25.7 Å². The van der Waals surface area contributed by atoms with E-state index in [0.29, 0.717) is 26.1 Å². The Balaban J connectivity index is 2.00. The number of carboxylic acid groups (broad SMARTS) is 1. The summed E-state index contributed by atoms with van der Waals surface area (Å²) in [6, 6.07) is 8.70. The van der Waals surface area contributed by atoms with Gasteiger partial charge < -0.3 is 15.3 Å². The van der Waals surface area contributed by atoms with Gasteiger partial charge >= 0.3 is 5.97 Å². The number of nitrogens with one attached hydrogen (secondary N) is 1. The van der Waals surface area contributed by atoms with Gasteiger partial charge in [0.15, 0.2) is 0 Å². The second kappa shape index (κ2) is 9.33. The summed E-state index contributed by atoms with van der Waals surface area (Å²) in [7, 11) is 0. The highest BCUT2D eigenvalue weighted by Crippen LogP contribution is 2.20. The van der Waals surface area contributed by atoms with Crippen LogP contribution in [0.15, 0.2) is 30.3 Å². The van der Waals surface area contributed by atoms with Crippen molar-refractivity contribution in [1.29, 1.82) is 0 Å². The van der Waals surface area contributed by atoms with Gasteiger partial charge in [0.2, 0.25) is 11.8 Å². The standard InChI is InChI=1S/C19H27N3O4/c1-3-21(4-2)19(26)16-11-15(12-22(16)13-18(24)25)20-17(23)10-14-8-6-5-7-9-14/h5-9,15-16H,3-4,10-13H2,1-2H3,(H,20,23)(H,24,25)/t15-,16-/m0/s1. The predicted molar refractivity (Wildman–Crippen MR) is 97.6 cm³/mol. The Bertz CT molecular complexity index is 631. The average molecular weight is 361 g/mol. The first-order valence-corrected chi connectivity index (χ1v) is 9.02. The lowest BCUT2D eigenvalue weighted by atomic mass is 10.1. The zero-order chi connectivity index (χ0) is 19.1. The van der Waals surface area contributed by atoms with Crippen LogP contribution < -0.4 is 5.32 Å². The first kappa shape index (κ1) is 19.9. The molecule has 7 heteroatoms. The van der Waals surface area contributed by atoms with Crippen molar-refractivity contribution in [2.24, 2.45) is 0 Å². The molecule has 0 aromatic heterocycles. The van der Waals surface area contributed by atoms with Gasteiger partial charge in [-0.1, -0.05) is 30.3 Å². The Labute approximate surface area is 154 Å². The number of nitrogens with zero attached hydrogens (tertiary/aromatic N) is 2. The Morgan fingerprint density at radius 2 is 1.85 bits per heavy atom. The van der Waals surface area contributed by atoms with Crippen LogP contribution in [0.5, 0.6) is 0 Å². The second-order valence-corrected chi connectivity index (χ2v) is 6.51. The topological polar surface area (TPSA) is 90.0 Å². The number of amides is 2. The Hall–Kier alpha value is -2.41. The minimum Gasteiger partial charge on any atom is -0.480 e. The Morgan fingerprint density at radius 3 is 2.42 bits per heavy atom. The molecule has 1 aliphatic rings. The smallest absolute Gasteiger partial charge is 0.317 e. The van der Waals surface area contributed by atoms with Crippen LogP contribution in [-0.4, -0.2) is 71.0 Å². The summed E-state index contributed by atoms with van der Waals surface area (Å²) in [5.74, 6) is -1.16. The monoisotopic (exact) mass is 361 g/mol. The summed E-state index contributed by atoms with van der Waals surface area (Å²) in [6.07, 6.45) is 0.702. The van der Waals surface area contributed by atoms with Gasteiger partial charge in [0.1, 0.15) is 0 Å². The first-order chi connectivity index (χ1) is 12.4. The zero-order valence-corrected chi connectivity index (χ0v) is 15.4. The van der Waals surface area contributed by atoms with Gasteiger partial charge in [0.05, 0.1) is 19.0 Å². The summed E-state index contributed by atoms with van der Waals surface area (Å²) in [5, 5.41) is 12.1. The van der Waals surface area contributed by atoms with E-state index in [1.54, 1.807) is 9.80 Å². The number of benzene rings is 1. The molecule has 2 amide bonds. The molecule has 142 valence electrons. The summed E-state index contributed by atoms with van der Waals surface area (Å²) in [5.41, 5.74) is 0.918. The third-order valence-electron chi connectivity index (χ3n) is 4.67. The number of hydrogen-bond acceptors (Lipinski definition) is 4. The molecular weight excluding hydrogens is 334 g/mol. The van der Waals surface area contributed by atoms with E-state index in [9.17, 15) is 14.4 Å². The van der Waals surface area contributed by atoms with Crippen LogP contribution in [0.1, 0.15) is 25.8 Å². The molecule has 2 N–H and O–H groups in total. The van der Waals surface area contributed by atoms with Gasteiger partial charge in [0.25, 0.3) is 0 Å².